The van der Waals surface area contributed by atoms with Gasteiger partial charge in [-0.3, -0.25) is 10.1 Å². The number of nitrogens with zero attached hydrogens (tertiary/aromatic N) is 2. The van der Waals surface area contributed by atoms with Gasteiger partial charge in [-0.2, -0.15) is 5.26 Å². The number of nitro groups is 1. The number of rotatable bonds is 2. The SMILES string of the molecule is N#Cc1ccc(C=C2OC(=O)c3cc(F)cc([N+](=O)[O-])c32)cc1F. The van der Waals surface area contributed by atoms with Crippen molar-refractivity contribution in [1.29, 1.82) is 5.26 Å². The van der Waals surface area contributed by atoms with Gasteiger partial charge in [-0.05, 0) is 29.8 Å². The minimum absolute atomic E-state index is 0.170. The molecule has 0 N–H and O–H groups in total. The molecule has 24 heavy (non-hydrogen) atoms. The molecule has 2 aromatic rings. The molecule has 0 atom stereocenters. The summed E-state index contributed by atoms with van der Waals surface area (Å²) in [4.78, 5) is 22.1. The van der Waals surface area contributed by atoms with E-state index >= 15 is 0 Å². The van der Waals surface area contributed by atoms with Crippen LogP contribution < -0.4 is 0 Å². The topological polar surface area (TPSA) is 93.2 Å². The second-order valence-electron chi connectivity index (χ2n) is 4.85. The van der Waals surface area contributed by atoms with Crippen LogP contribution in [0.1, 0.15) is 27.0 Å². The summed E-state index contributed by atoms with van der Waals surface area (Å²) in [7, 11) is 0. The zero-order valence-corrected chi connectivity index (χ0v) is 11.7. The van der Waals surface area contributed by atoms with Gasteiger partial charge in [0.25, 0.3) is 5.69 Å². The third-order valence-electron chi connectivity index (χ3n) is 3.36. The van der Waals surface area contributed by atoms with Crippen LogP contribution in [-0.2, 0) is 4.74 Å². The molecule has 1 heterocycles. The summed E-state index contributed by atoms with van der Waals surface area (Å²) < 4.78 is 32.0. The third-order valence-corrected chi connectivity index (χ3v) is 3.36. The second-order valence-corrected chi connectivity index (χ2v) is 4.85. The molecule has 1 aliphatic rings. The standard InChI is InChI=1S/C16H6F2N2O4/c17-10-5-11-15(13(6-10)20(22)23)14(24-16(11)21)4-8-1-2-9(7-19)12(18)3-8/h1-6H. The Labute approximate surface area is 133 Å². The lowest BCUT2D eigenvalue weighted by Gasteiger charge is -2.02. The van der Waals surface area contributed by atoms with E-state index in [2.05, 4.69) is 0 Å². The zero-order chi connectivity index (χ0) is 17.4. The highest BCUT2D eigenvalue weighted by molar-refractivity contribution is 6.07. The van der Waals surface area contributed by atoms with E-state index in [9.17, 15) is 23.7 Å². The molecule has 0 saturated carbocycles. The van der Waals surface area contributed by atoms with E-state index in [1.165, 1.54) is 18.2 Å². The molecule has 0 spiro atoms. The third kappa shape index (κ3) is 2.48. The summed E-state index contributed by atoms with van der Waals surface area (Å²) in [6.07, 6.45) is 1.21. The van der Waals surface area contributed by atoms with E-state index in [1.54, 1.807) is 6.07 Å². The largest absolute Gasteiger partial charge is 0.422 e. The van der Waals surface area contributed by atoms with E-state index in [0.717, 1.165) is 12.1 Å². The lowest BCUT2D eigenvalue weighted by molar-refractivity contribution is -0.385. The average molecular weight is 328 g/mol. The molecule has 3 rings (SSSR count). The average Bonchev–Trinajstić information content (AvgIpc) is 2.82. The fraction of sp³-hybridized carbons (Fsp3) is 0. The van der Waals surface area contributed by atoms with Crippen molar-refractivity contribution >= 4 is 23.5 Å². The molecule has 8 heteroatoms. The lowest BCUT2D eigenvalue weighted by atomic mass is 10.0. The second kappa shape index (κ2) is 5.55. The van der Waals surface area contributed by atoms with Crippen molar-refractivity contribution in [3.8, 4) is 6.07 Å². The van der Waals surface area contributed by atoms with Gasteiger partial charge >= 0.3 is 5.97 Å². The van der Waals surface area contributed by atoms with E-state index in [0.29, 0.717) is 6.07 Å². The van der Waals surface area contributed by atoms with Crippen LogP contribution in [0.25, 0.3) is 11.8 Å². The number of esters is 1. The molecule has 6 nitrogen and oxygen atoms in total. The molecule has 0 aromatic heterocycles. The number of nitro benzene ring substituents is 1. The minimum Gasteiger partial charge on any atom is -0.422 e. The van der Waals surface area contributed by atoms with E-state index < -0.39 is 28.2 Å². The Hall–Kier alpha value is -3.60. The predicted octanol–water partition coefficient (Wildman–Crippen LogP) is 3.41. The minimum atomic E-state index is -0.942. The molecule has 1 aliphatic heterocycles. The molecule has 0 unspecified atom stereocenters. The highest BCUT2D eigenvalue weighted by Gasteiger charge is 2.35. The van der Waals surface area contributed by atoms with Gasteiger partial charge < -0.3 is 4.74 Å². The van der Waals surface area contributed by atoms with Crippen molar-refractivity contribution in [3.63, 3.8) is 0 Å². The number of halogens is 2. The zero-order valence-electron chi connectivity index (χ0n) is 11.7. The Bertz CT molecular complexity index is 977. The van der Waals surface area contributed by atoms with Gasteiger partial charge in [0.2, 0.25) is 0 Å². The number of fused-ring (bicyclic) bond motifs is 1. The smallest absolute Gasteiger partial charge is 0.344 e. The fourth-order valence-electron chi connectivity index (χ4n) is 2.33. The summed E-state index contributed by atoms with van der Waals surface area (Å²) in [6, 6.07) is 6.80. The summed E-state index contributed by atoms with van der Waals surface area (Å²) in [5.41, 5.74) is -1.02. The maximum atomic E-state index is 13.6. The van der Waals surface area contributed by atoms with Gasteiger partial charge in [-0.1, -0.05) is 6.07 Å². The number of ether oxygens (including phenoxy) is 1. The van der Waals surface area contributed by atoms with Crippen molar-refractivity contribution in [2.24, 2.45) is 0 Å². The van der Waals surface area contributed by atoms with Crippen LogP contribution in [0.3, 0.4) is 0 Å². The maximum absolute atomic E-state index is 13.6. The summed E-state index contributed by atoms with van der Waals surface area (Å²) in [5, 5.41) is 19.8. The van der Waals surface area contributed by atoms with Crippen LogP contribution in [0, 0.1) is 33.1 Å². The van der Waals surface area contributed by atoms with Gasteiger partial charge in [0.05, 0.1) is 22.1 Å². The molecular formula is C16H6F2N2O4. The summed E-state index contributed by atoms with van der Waals surface area (Å²) in [6.45, 7) is 0. The van der Waals surface area contributed by atoms with Gasteiger partial charge in [0, 0.05) is 0 Å². The Balaban J connectivity index is 2.17. The predicted molar refractivity (Wildman–Crippen MR) is 77.5 cm³/mol. The summed E-state index contributed by atoms with van der Waals surface area (Å²) >= 11 is 0. The van der Waals surface area contributed by atoms with Crippen LogP contribution in [0.4, 0.5) is 14.5 Å². The molecule has 0 aliphatic carbocycles. The molecule has 0 amide bonds. The Kier molecular flexibility index (Phi) is 3.54. The monoisotopic (exact) mass is 328 g/mol. The van der Waals surface area contributed by atoms with Crippen LogP contribution in [0.5, 0.6) is 0 Å². The summed E-state index contributed by atoms with van der Waals surface area (Å²) in [5.74, 6) is -2.85. The van der Waals surface area contributed by atoms with E-state index in [-0.39, 0.29) is 28.0 Å². The van der Waals surface area contributed by atoms with Crippen molar-refractivity contribution in [1.82, 2.24) is 0 Å². The first kappa shape index (κ1) is 15.3. The van der Waals surface area contributed by atoms with Crippen LogP contribution in [-0.4, -0.2) is 10.9 Å². The first-order valence-corrected chi connectivity index (χ1v) is 6.52. The maximum Gasteiger partial charge on any atom is 0.344 e. The molecule has 0 radical (unpaired) electrons. The Morgan fingerprint density at radius 1 is 1.25 bits per heavy atom. The quantitative estimate of drug-likeness (QED) is 0.478. The van der Waals surface area contributed by atoms with Crippen LogP contribution >= 0.6 is 0 Å². The molecule has 0 saturated heterocycles. The van der Waals surface area contributed by atoms with Crippen molar-refractivity contribution in [2.45, 2.75) is 0 Å². The number of hydrogen-bond acceptors (Lipinski definition) is 5. The van der Waals surface area contributed by atoms with Gasteiger partial charge in [-0.25, -0.2) is 13.6 Å². The fourth-order valence-corrected chi connectivity index (χ4v) is 2.33. The molecule has 0 bridgehead atoms. The van der Waals surface area contributed by atoms with Crippen molar-refractivity contribution in [2.75, 3.05) is 0 Å². The number of nitriles is 1. The van der Waals surface area contributed by atoms with Crippen molar-refractivity contribution < 1.29 is 23.2 Å². The van der Waals surface area contributed by atoms with Crippen LogP contribution in [0.15, 0.2) is 30.3 Å². The lowest BCUT2D eigenvalue weighted by Crippen LogP contribution is -1.98. The first-order chi connectivity index (χ1) is 11.4. The molecular weight excluding hydrogens is 322 g/mol. The number of benzene rings is 2. The normalized spacial score (nSPS) is 14.2. The number of hydrogen-bond donors (Lipinski definition) is 0. The van der Waals surface area contributed by atoms with Gasteiger partial charge in [0.1, 0.15) is 29.0 Å². The highest BCUT2D eigenvalue weighted by atomic mass is 19.1. The van der Waals surface area contributed by atoms with Gasteiger partial charge in [-0.15, -0.1) is 0 Å². The molecule has 2 aromatic carbocycles. The number of cyclic esters (lactones) is 1. The van der Waals surface area contributed by atoms with Crippen LogP contribution in [0.2, 0.25) is 0 Å². The Morgan fingerprint density at radius 2 is 2.00 bits per heavy atom. The number of carbonyl (C=O) groups is 1. The van der Waals surface area contributed by atoms with Crippen molar-refractivity contribution in [3.05, 3.63) is 74.3 Å². The van der Waals surface area contributed by atoms with Gasteiger partial charge in [0.15, 0.2) is 0 Å². The van der Waals surface area contributed by atoms with E-state index in [1.807, 2.05) is 0 Å². The molecule has 118 valence electrons. The highest BCUT2D eigenvalue weighted by Crippen LogP contribution is 2.38. The molecule has 0 fully saturated rings. The Morgan fingerprint density at radius 3 is 2.62 bits per heavy atom. The number of carbonyl (C=O) groups excluding carboxylic acids is 1. The first-order valence-electron chi connectivity index (χ1n) is 6.52. The van der Waals surface area contributed by atoms with E-state index in [4.69, 9.17) is 10.00 Å².